The van der Waals surface area contributed by atoms with Crippen molar-refractivity contribution in [3.05, 3.63) is 29.8 Å². The molecule has 1 N–H and O–H groups in total. The van der Waals surface area contributed by atoms with Crippen LogP contribution in [0.1, 0.15) is 38.7 Å². The summed E-state index contributed by atoms with van der Waals surface area (Å²) in [6.45, 7) is 6.08. The number of anilines is 1. The van der Waals surface area contributed by atoms with Crippen molar-refractivity contribution in [1.82, 2.24) is 5.32 Å². The van der Waals surface area contributed by atoms with Crippen LogP contribution in [0.2, 0.25) is 0 Å². The first-order valence-corrected chi connectivity index (χ1v) is 7.58. The molecule has 0 spiro atoms. The van der Waals surface area contributed by atoms with Crippen molar-refractivity contribution < 1.29 is 13.2 Å². The number of alkyl halides is 3. The number of hydrogen-bond donors (Lipinski definition) is 1. The van der Waals surface area contributed by atoms with Crippen LogP contribution in [0.3, 0.4) is 0 Å². The zero-order valence-electron chi connectivity index (χ0n) is 12.6. The van der Waals surface area contributed by atoms with Gasteiger partial charge in [0.15, 0.2) is 0 Å². The number of rotatable bonds is 2. The van der Waals surface area contributed by atoms with E-state index >= 15 is 0 Å². The Morgan fingerprint density at radius 1 is 1.14 bits per heavy atom. The molecular formula is C16H23F3N2. The maximum Gasteiger partial charge on any atom is 0.416 e. The second kappa shape index (κ2) is 6.69. The minimum absolute atomic E-state index is 0.437. The molecule has 0 saturated carbocycles. The molecule has 1 heterocycles. The smallest absolute Gasteiger partial charge is 0.371 e. The maximum absolute atomic E-state index is 12.6. The number of nitrogens with zero attached hydrogens (tertiary/aromatic N) is 1. The largest absolute Gasteiger partial charge is 0.416 e. The minimum atomic E-state index is -4.26. The number of benzene rings is 1. The van der Waals surface area contributed by atoms with E-state index in [0.29, 0.717) is 12.1 Å². The third kappa shape index (κ3) is 4.37. The van der Waals surface area contributed by atoms with Gasteiger partial charge in [-0.3, -0.25) is 0 Å². The van der Waals surface area contributed by atoms with Crippen LogP contribution < -0.4 is 10.2 Å². The average molecular weight is 300 g/mol. The van der Waals surface area contributed by atoms with Gasteiger partial charge >= 0.3 is 6.18 Å². The molecule has 0 aliphatic carbocycles. The van der Waals surface area contributed by atoms with Crippen LogP contribution in [-0.4, -0.2) is 25.2 Å². The molecule has 2 rings (SSSR count). The fourth-order valence-corrected chi connectivity index (χ4v) is 2.78. The van der Waals surface area contributed by atoms with Gasteiger partial charge in [-0.15, -0.1) is 0 Å². The van der Waals surface area contributed by atoms with Gasteiger partial charge in [-0.25, -0.2) is 0 Å². The van der Waals surface area contributed by atoms with Gasteiger partial charge < -0.3 is 10.2 Å². The summed E-state index contributed by atoms with van der Waals surface area (Å²) in [5.74, 6) is 0. The summed E-state index contributed by atoms with van der Waals surface area (Å²) in [7, 11) is 0. The van der Waals surface area contributed by atoms with Crippen LogP contribution >= 0.6 is 0 Å². The molecule has 1 saturated heterocycles. The zero-order chi connectivity index (χ0) is 15.5. The normalized spacial score (nSPS) is 24.5. The molecule has 0 aromatic heterocycles. The van der Waals surface area contributed by atoms with Gasteiger partial charge in [0.25, 0.3) is 0 Å². The quantitative estimate of drug-likeness (QED) is 0.886. The highest BCUT2D eigenvalue weighted by molar-refractivity contribution is 5.48. The summed E-state index contributed by atoms with van der Waals surface area (Å²) in [5, 5.41) is 3.59. The van der Waals surface area contributed by atoms with E-state index in [1.807, 2.05) is 0 Å². The predicted octanol–water partition coefficient (Wildman–Crippen LogP) is 4.06. The van der Waals surface area contributed by atoms with Crippen LogP contribution in [0.25, 0.3) is 0 Å². The molecule has 0 amide bonds. The van der Waals surface area contributed by atoms with Crippen LogP contribution in [0.15, 0.2) is 24.3 Å². The van der Waals surface area contributed by atoms with E-state index in [2.05, 4.69) is 24.1 Å². The first-order chi connectivity index (χ1) is 9.90. The Balaban J connectivity index is 2.09. The average Bonchev–Trinajstić information content (AvgIpc) is 2.42. The third-order valence-corrected chi connectivity index (χ3v) is 4.15. The highest BCUT2D eigenvalue weighted by Crippen LogP contribution is 2.30. The van der Waals surface area contributed by atoms with Gasteiger partial charge in [-0.1, -0.05) is 6.92 Å². The summed E-state index contributed by atoms with van der Waals surface area (Å²) in [6.07, 6.45) is -1.18. The van der Waals surface area contributed by atoms with Crippen LogP contribution in [-0.2, 0) is 6.18 Å². The zero-order valence-corrected chi connectivity index (χ0v) is 12.6. The van der Waals surface area contributed by atoms with E-state index in [0.717, 1.165) is 38.0 Å². The molecule has 21 heavy (non-hydrogen) atoms. The van der Waals surface area contributed by atoms with Crippen molar-refractivity contribution in [3.63, 3.8) is 0 Å². The molecule has 1 aromatic carbocycles. The molecule has 2 nitrogen and oxygen atoms in total. The van der Waals surface area contributed by atoms with Gasteiger partial charge in [0.2, 0.25) is 0 Å². The van der Waals surface area contributed by atoms with E-state index < -0.39 is 11.7 Å². The van der Waals surface area contributed by atoms with E-state index in [4.69, 9.17) is 0 Å². The summed E-state index contributed by atoms with van der Waals surface area (Å²) in [4.78, 5) is 2.19. The first-order valence-electron chi connectivity index (χ1n) is 7.58. The van der Waals surface area contributed by atoms with E-state index in [-0.39, 0.29) is 0 Å². The van der Waals surface area contributed by atoms with Gasteiger partial charge in [-0.05, 0) is 50.5 Å². The number of halogens is 3. The van der Waals surface area contributed by atoms with Crippen LogP contribution in [0.5, 0.6) is 0 Å². The summed E-state index contributed by atoms with van der Waals surface area (Å²) >= 11 is 0. The van der Waals surface area contributed by atoms with Gasteiger partial charge in [0.1, 0.15) is 0 Å². The maximum atomic E-state index is 12.6. The van der Waals surface area contributed by atoms with Crippen molar-refractivity contribution >= 4 is 5.69 Å². The van der Waals surface area contributed by atoms with Gasteiger partial charge in [-0.2, -0.15) is 13.2 Å². The van der Waals surface area contributed by atoms with Crippen LogP contribution in [0.4, 0.5) is 18.9 Å². The fourth-order valence-electron chi connectivity index (χ4n) is 2.78. The lowest BCUT2D eigenvalue weighted by Gasteiger charge is -2.33. The van der Waals surface area contributed by atoms with Gasteiger partial charge in [0, 0.05) is 30.9 Å². The summed E-state index contributed by atoms with van der Waals surface area (Å²) in [5.41, 5.74) is 0.298. The molecule has 0 bridgehead atoms. The first kappa shape index (κ1) is 16.1. The Kier molecular flexibility index (Phi) is 5.14. The molecule has 2 atom stereocenters. The highest BCUT2D eigenvalue weighted by Gasteiger charge is 2.30. The molecule has 1 aromatic rings. The third-order valence-electron chi connectivity index (χ3n) is 4.15. The van der Waals surface area contributed by atoms with Crippen molar-refractivity contribution in [3.8, 4) is 0 Å². The number of hydrogen-bond acceptors (Lipinski definition) is 2. The summed E-state index contributed by atoms with van der Waals surface area (Å²) < 4.78 is 37.8. The predicted molar refractivity (Wildman–Crippen MR) is 79.6 cm³/mol. The molecule has 1 aliphatic rings. The SMILES string of the molecule is CCC1CCN(c2ccc(C(F)(F)F)cc2)CCC(C)N1. The van der Waals surface area contributed by atoms with Crippen molar-refractivity contribution in [2.45, 2.75) is 51.4 Å². The second-order valence-electron chi connectivity index (χ2n) is 5.78. The Hall–Kier alpha value is -1.23. The van der Waals surface area contributed by atoms with E-state index in [1.165, 1.54) is 12.1 Å². The Morgan fingerprint density at radius 2 is 1.76 bits per heavy atom. The van der Waals surface area contributed by atoms with Gasteiger partial charge in [0.05, 0.1) is 5.56 Å². The number of nitrogens with one attached hydrogen (secondary N) is 1. The fraction of sp³-hybridized carbons (Fsp3) is 0.625. The lowest BCUT2D eigenvalue weighted by molar-refractivity contribution is -0.137. The van der Waals surface area contributed by atoms with Crippen LogP contribution in [0, 0.1) is 0 Å². The van der Waals surface area contributed by atoms with E-state index in [1.54, 1.807) is 12.1 Å². The van der Waals surface area contributed by atoms with Crippen molar-refractivity contribution in [2.24, 2.45) is 0 Å². The molecule has 5 heteroatoms. The molecule has 0 radical (unpaired) electrons. The van der Waals surface area contributed by atoms with Crippen molar-refractivity contribution in [2.75, 3.05) is 18.0 Å². The topological polar surface area (TPSA) is 15.3 Å². The second-order valence-corrected chi connectivity index (χ2v) is 5.78. The molecule has 1 aliphatic heterocycles. The molecule has 2 unspecified atom stereocenters. The Morgan fingerprint density at radius 3 is 2.33 bits per heavy atom. The molecular weight excluding hydrogens is 277 g/mol. The standard InChI is InChI=1S/C16H23F3N2/c1-3-14-9-11-21(10-8-12(2)20-14)15-6-4-13(5-7-15)16(17,18)19/h4-7,12,14,20H,3,8-11H2,1-2H3. The Bertz CT molecular complexity index is 442. The molecule has 118 valence electrons. The lowest BCUT2D eigenvalue weighted by Crippen LogP contribution is -2.44. The Labute approximate surface area is 124 Å². The van der Waals surface area contributed by atoms with Crippen molar-refractivity contribution in [1.29, 1.82) is 0 Å². The molecule has 1 fully saturated rings. The lowest BCUT2D eigenvalue weighted by atomic mass is 10.0. The minimum Gasteiger partial charge on any atom is -0.371 e. The monoisotopic (exact) mass is 300 g/mol. The summed E-state index contributed by atoms with van der Waals surface area (Å²) in [6, 6.07) is 6.44. The van der Waals surface area contributed by atoms with E-state index in [9.17, 15) is 13.2 Å². The highest BCUT2D eigenvalue weighted by atomic mass is 19.4.